The average Bonchev–Trinajstić information content (AvgIpc) is 2.27. The van der Waals surface area contributed by atoms with Gasteiger partial charge in [0.1, 0.15) is 5.52 Å². The van der Waals surface area contributed by atoms with E-state index in [2.05, 4.69) is 0 Å². The van der Waals surface area contributed by atoms with Crippen molar-refractivity contribution >= 4 is 11.0 Å². The fourth-order valence-corrected chi connectivity index (χ4v) is 1.65. The molecule has 0 aliphatic heterocycles. The summed E-state index contributed by atoms with van der Waals surface area (Å²) in [5.74, 6) is 0. The van der Waals surface area contributed by atoms with E-state index in [9.17, 15) is 10.0 Å². The third-order valence-corrected chi connectivity index (χ3v) is 2.53. The molecule has 0 aliphatic carbocycles. The summed E-state index contributed by atoms with van der Waals surface area (Å²) in [7, 11) is 1.54. The molecule has 0 spiro atoms. The van der Waals surface area contributed by atoms with Crippen molar-refractivity contribution in [3.05, 3.63) is 45.0 Å². The first-order chi connectivity index (χ1) is 7.56. The molecular formula is C11H9N3O2. The number of nitriles is 1. The van der Waals surface area contributed by atoms with E-state index >= 15 is 0 Å². The van der Waals surface area contributed by atoms with Crippen LogP contribution < -0.4 is 10.3 Å². The van der Waals surface area contributed by atoms with Gasteiger partial charge in [-0.25, -0.2) is 0 Å². The third kappa shape index (κ3) is 1.24. The normalized spacial score (nSPS) is 10.3. The van der Waals surface area contributed by atoms with Gasteiger partial charge in [0.2, 0.25) is 5.52 Å². The highest BCUT2D eigenvalue weighted by Gasteiger charge is 2.18. The van der Waals surface area contributed by atoms with Crippen molar-refractivity contribution in [2.24, 2.45) is 7.05 Å². The Hall–Kier alpha value is -2.35. The lowest BCUT2D eigenvalue weighted by Gasteiger charge is -2.07. The highest BCUT2D eigenvalue weighted by Crippen LogP contribution is 2.10. The Balaban J connectivity index is 3.10. The highest BCUT2D eigenvalue weighted by molar-refractivity contribution is 5.72. The predicted octanol–water partition coefficient (Wildman–Crippen LogP) is 0.352. The summed E-state index contributed by atoms with van der Waals surface area (Å²) in [5.41, 5.74) is 0.775. The van der Waals surface area contributed by atoms with Gasteiger partial charge in [0.15, 0.2) is 6.07 Å². The van der Waals surface area contributed by atoms with Gasteiger partial charge >= 0.3 is 11.3 Å². The van der Waals surface area contributed by atoms with Crippen LogP contribution in [0.15, 0.2) is 23.0 Å². The molecule has 0 N–H and O–H groups in total. The first kappa shape index (κ1) is 10.2. The molecule has 2 aromatic rings. The molecular weight excluding hydrogens is 206 g/mol. The van der Waals surface area contributed by atoms with Gasteiger partial charge in [-0.1, -0.05) is 6.07 Å². The van der Waals surface area contributed by atoms with E-state index in [0.717, 1.165) is 5.56 Å². The molecule has 0 saturated heterocycles. The Labute approximate surface area is 91.4 Å². The van der Waals surface area contributed by atoms with Crippen molar-refractivity contribution in [2.75, 3.05) is 0 Å². The minimum Gasteiger partial charge on any atom is -0.617 e. The number of aryl methyl sites for hydroxylation is 2. The van der Waals surface area contributed by atoms with Gasteiger partial charge in [0.25, 0.3) is 0 Å². The van der Waals surface area contributed by atoms with Gasteiger partial charge in [0, 0.05) is 13.1 Å². The maximum absolute atomic E-state index is 11.8. The smallest absolute Gasteiger partial charge is 0.361 e. The summed E-state index contributed by atoms with van der Waals surface area (Å²) >= 11 is 0. The Bertz CT molecular complexity index is 680. The lowest BCUT2D eigenvalue weighted by atomic mass is 10.2. The number of benzene rings is 1. The van der Waals surface area contributed by atoms with Crippen LogP contribution in [-0.2, 0) is 7.05 Å². The van der Waals surface area contributed by atoms with Gasteiger partial charge in [-0.3, -0.25) is 9.36 Å². The van der Waals surface area contributed by atoms with Crippen molar-refractivity contribution in [1.82, 2.24) is 4.57 Å². The SMILES string of the molecule is Cc1ccc2c(c1)[n+]([O-])c(C#N)c(=O)n2C. The van der Waals surface area contributed by atoms with Crippen molar-refractivity contribution < 1.29 is 4.73 Å². The van der Waals surface area contributed by atoms with E-state index in [1.165, 1.54) is 4.57 Å². The van der Waals surface area contributed by atoms with E-state index in [4.69, 9.17) is 5.26 Å². The van der Waals surface area contributed by atoms with E-state index in [1.54, 1.807) is 25.2 Å². The predicted molar refractivity (Wildman–Crippen MR) is 57.6 cm³/mol. The zero-order valence-electron chi connectivity index (χ0n) is 8.89. The number of rotatable bonds is 0. The lowest BCUT2D eigenvalue weighted by molar-refractivity contribution is -0.581. The zero-order chi connectivity index (χ0) is 11.9. The maximum atomic E-state index is 11.8. The molecule has 0 bridgehead atoms. The van der Waals surface area contributed by atoms with Gasteiger partial charge in [-0.05, 0) is 18.6 Å². The second kappa shape index (κ2) is 3.35. The molecule has 5 heteroatoms. The number of aromatic nitrogens is 2. The third-order valence-electron chi connectivity index (χ3n) is 2.53. The van der Waals surface area contributed by atoms with Gasteiger partial charge in [-0.2, -0.15) is 5.26 Å². The second-order valence-corrected chi connectivity index (χ2v) is 3.61. The van der Waals surface area contributed by atoms with E-state index in [0.29, 0.717) is 15.8 Å². The first-order valence-electron chi connectivity index (χ1n) is 4.69. The topological polar surface area (TPSA) is 72.7 Å². The Morgan fingerprint density at radius 3 is 2.81 bits per heavy atom. The standard InChI is InChI=1S/C11H9N3O2/c1-7-3-4-8-9(5-7)14(16)10(6-12)11(15)13(8)2/h3-5H,1-2H3. The molecule has 0 unspecified atom stereocenters. The molecule has 0 saturated carbocycles. The van der Waals surface area contributed by atoms with Crippen molar-refractivity contribution in [2.45, 2.75) is 6.92 Å². The minimum atomic E-state index is -0.575. The Morgan fingerprint density at radius 2 is 2.19 bits per heavy atom. The molecule has 1 aromatic heterocycles. The van der Waals surface area contributed by atoms with E-state index in [1.807, 2.05) is 13.0 Å². The van der Waals surface area contributed by atoms with Gasteiger partial charge < -0.3 is 5.21 Å². The van der Waals surface area contributed by atoms with Crippen molar-refractivity contribution in [3.8, 4) is 6.07 Å². The molecule has 0 fully saturated rings. The summed E-state index contributed by atoms with van der Waals surface area (Å²) in [6.07, 6.45) is 0. The molecule has 0 aliphatic rings. The van der Waals surface area contributed by atoms with E-state index < -0.39 is 11.3 Å². The molecule has 80 valence electrons. The first-order valence-corrected chi connectivity index (χ1v) is 4.69. The average molecular weight is 215 g/mol. The van der Waals surface area contributed by atoms with Crippen LogP contribution in [0.25, 0.3) is 11.0 Å². The molecule has 1 aromatic carbocycles. The fraction of sp³-hybridized carbons (Fsp3) is 0.182. The Morgan fingerprint density at radius 1 is 1.50 bits per heavy atom. The summed E-state index contributed by atoms with van der Waals surface area (Å²) < 4.78 is 1.70. The lowest BCUT2D eigenvalue weighted by Crippen LogP contribution is -2.41. The van der Waals surface area contributed by atoms with Crippen LogP contribution in [0.2, 0.25) is 0 Å². The van der Waals surface area contributed by atoms with Crippen LogP contribution in [0.1, 0.15) is 11.3 Å². The summed E-state index contributed by atoms with van der Waals surface area (Å²) in [6.45, 7) is 1.84. The van der Waals surface area contributed by atoms with Crippen LogP contribution in [-0.4, -0.2) is 4.57 Å². The minimum absolute atomic E-state index is 0.332. The number of hydrogen-bond acceptors (Lipinski definition) is 3. The molecule has 5 nitrogen and oxygen atoms in total. The second-order valence-electron chi connectivity index (χ2n) is 3.61. The number of fused-ring (bicyclic) bond motifs is 1. The maximum Gasteiger partial charge on any atom is 0.361 e. The molecule has 0 radical (unpaired) electrons. The molecule has 0 atom stereocenters. The molecule has 2 rings (SSSR count). The molecule has 1 heterocycles. The zero-order valence-corrected chi connectivity index (χ0v) is 8.89. The van der Waals surface area contributed by atoms with Crippen LogP contribution in [0, 0.1) is 23.5 Å². The largest absolute Gasteiger partial charge is 0.617 e. The van der Waals surface area contributed by atoms with Crippen molar-refractivity contribution in [3.63, 3.8) is 0 Å². The number of nitrogens with zero attached hydrogens (tertiary/aromatic N) is 3. The van der Waals surface area contributed by atoms with Crippen molar-refractivity contribution in [1.29, 1.82) is 5.26 Å². The summed E-state index contributed by atoms with van der Waals surface area (Å²) in [4.78, 5) is 11.6. The fourth-order valence-electron chi connectivity index (χ4n) is 1.65. The van der Waals surface area contributed by atoms with Crippen LogP contribution in [0.4, 0.5) is 0 Å². The monoisotopic (exact) mass is 215 g/mol. The summed E-state index contributed by atoms with van der Waals surface area (Å²) in [6, 6.07) is 6.80. The molecule has 0 amide bonds. The van der Waals surface area contributed by atoms with Gasteiger partial charge in [0.05, 0.1) is 0 Å². The summed E-state index contributed by atoms with van der Waals surface area (Å²) in [5, 5.41) is 20.5. The van der Waals surface area contributed by atoms with Gasteiger partial charge in [-0.15, -0.1) is 4.73 Å². The Kier molecular flexibility index (Phi) is 2.13. The van der Waals surface area contributed by atoms with E-state index in [-0.39, 0.29) is 0 Å². The van der Waals surface area contributed by atoms with Crippen LogP contribution in [0.5, 0.6) is 0 Å². The number of hydrogen-bond donors (Lipinski definition) is 0. The van der Waals surface area contributed by atoms with Crippen LogP contribution >= 0.6 is 0 Å². The van der Waals surface area contributed by atoms with Crippen LogP contribution in [0.3, 0.4) is 0 Å². The molecule has 16 heavy (non-hydrogen) atoms. The quantitative estimate of drug-likeness (QED) is 0.470. The highest BCUT2D eigenvalue weighted by atomic mass is 16.5.